The zero-order chi connectivity index (χ0) is 12.8. The Morgan fingerprint density at radius 2 is 1.82 bits per heavy atom. The number of hydrogen-bond donors (Lipinski definition) is 1. The summed E-state index contributed by atoms with van der Waals surface area (Å²) in [4.78, 5) is 11.8. The van der Waals surface area contributed by atoms with E-state index in [-0.39, 0.29) is 6.42 Å². The fourth-order valence-electron chi connectivity index (χ4n) is 1.51. The molecule has 1 aromatic carbocycles. The van der Waals surface area contributed by atoms with Crippen LogP contribution < -0.4 is 5.32 Å². The van der Waals surface area contributed by atoms with Crippen molar-refractivity contribution in [2.75, 3.05) is 5.32 Å². The van der Waals surface area contributed by atoms with Crippen molar-refractivity contribution in [3.05, 3.63) is 29.8 Å². The smallest absolute Gasteiger partial charge is 0.233 e. The summed E-state index contributed by atoms with van der Waals surface area (Å²) < 4.78 is 25.4. The molecule has 1 unspecified atom stereocenters. The second-order valence-corrected chi connectivity index (χ2v) is 5.75. The number of rotatable bonds is 2. The monoisotopic (exact) mass is 279 g/mol. The number of halogens is 4. The van der Waals surface area contributed by atoms with Gasteiger partial charge in [0.2, 0.25) is 5.91 Å². The van der Waals surface area contributed by atoms with Crippen molar-refractivity contribution in [2.45, 2.75) is 17.7 Å². The topological polar surface area (TPSA) is 29.1 Å². The Labute approximate surface area is 107 Å². The number of carbonyl (C=O) groups is 1. The second-order valence-electron chi connectivity index (χ2n) is 4.26. The molecule has 2 nitrogen and oxygen atoms in total. The highest BCUT2D eigenvalue weighted by atomic mass is 35.5. The van der Waals surface area contributed by atoms with E-state index in [9.17, 15) is 13.6 Å². The third-order valence-corrected chi connectivity index (χ3v) is 4.06. The van der Waals surface area contributed by atoms with E-state index < -0.39 is 33.0 Å². The molecule has 92 valence electrons. The van der Waals surface area contributed by atoms with Crippen molar-refractivity contribution in [1.29, 1.82) is 0 Å². The predicted molar refractivity (Wildman–Crippen MR) is 62.1 cm³/mol. The van der Waals surface area contributed by atoms with E-state index >= 15 is 0 Å². The molecule has 0 spiro atoms. The van der Waals surface area contributed by atoms with Crippen LogP contribution in [-0.2, 0) is 4.79 Å². The van der Waals surface area contributed by atoms with Crippen LogP contribution >= 0.6 is 23.2 Å². The highest BCUT2D eigenvalue weighted by Gasteiger charge is 2.68. The number of benzene rings is 1. The second kappa shape index (κ2) is 3.82. The maximum Gasteiger partial charge on any atom is 0.233 e. The van der Waals surface area contributed by atoms with E-state index in [0.717, 1.165) is 12.1 Å². The molecule has 1 amide bonds. The first-order chi connectivity index (χ1) is 7.78. The number of anilines is 1. The summed E-state index contributed by atoms with van der Waals surface area (Å²) in [5.74, 6) is -2.26. The molecule has 1 atom stereocenters. The molecule has 17 heavy (non-hydrogen) atoms. The fraction of sp³-hybridized carbons (Fsp3) is 0.364. The van der Waals surface area contributed by atoms with Crippen molar-refractivity contribution >= 4 is 34.8 Å². The lowest BCUT2D eigenvalue weighted by Gasteiger charge is -2.13. The van der Waals surface area contributed by atoms with Gasteiger partial charge in [0.05, 0.1) is 5.41 Å². The molecule has 1 aromatic rings. The van der Waals surface area contributed by atoms with Crippen LogP contribution in [0.1, 0.15) is 13.3 Å². The largest absolute Gasteiger partial charge is 0.321 e. The molecule has 0 aliphatic heterocycles. The molecule has 1 fully saturated rings. The van der Waals surface area contributed by atoms with E-state index in [1.165, 1.54) is 6.07 Å². The molecule has 1 aliphatic rings. The summed E-state index contributed by atoms with van der Waals surface area (Å²) in [5, 5.41) is 2.18. The van der Waals surface area contributed by atoms with Gasteiger partial charge >= 0.3 is 0 Å². The Kier molecular flexibility index (Phi) is 2.83. The average Bonchev–Trinajstić information content (AvgIpc) is 2.73. The average molecular weight is 280 g/mol. The Balaban J connectivity index is 2.21. The minimum atomic E-state index is -1.17. The summed E-state index contributed by atoms with van der Waals surface area (Å²) in [6.45, 7) is 1.54. The minimum absolute atomic E-state index is 0.255. The molecule has 0 radical (unpaired) electrons. The van der Waals surface area contributed by atoms with E-state index in [4.69, 9.17) is 23.2 Å². The molecule has 0 heterocycles. The summed E-state index contributed by atoms with van der Waals surface area (Å²) in [6.07, 6.45) is 0.255. The Hall–Kier alpha value is -0.870. The first kappa shape index (κ1) is 12.6. The van der Waals surface area contributed by atoms with Crippen LogP contribution in [0.25, 0.3) is 0 Å². The van der Waals surface area contributed by atoms with Gasteiger partial charge in [0, 0.05) is 0 Å². The zero-order valence-corrected chi connectivity index (χ0v) is 10.4. The van der Waals surface area contributed by atoms with Crippen LogP contribution in [0, 0.1) is 17.0 Å². The first-order valence-corrected chi connectivity index (χ1v) is 5.67. The van der Waals surface area contributed by atoms with E-state index in [1.807, 2.05) is 0 Å². The van der Waals surface area contributed by atoms with Gasteiger partial charge in [-0.2, -0.15) is 0 Å². The van der Waals surface area contributed by atoms with Crippen molar-refractivity contribution < 1.29 is 13.6 Å². The fourth-order valence-corrected chi connectivity index (χ4v) is 2.22. The van der Waals surface area contributed by atoms with Crippen LogP contribution in [0.5, 0.6) is 0 Å². The van der Waals surface area contributed by atoms with Gasteiger partial charge in [0.1, 0.15) is 21.7 Å². The van der Waals surface area contributed by atoms with E-state index in [0.29, 0.717) is 0 Å². The van der Waals surface area contributed by atoms with Gasteiger partial charge in [0.25, 0.3) is 0 Å². The molecule has 6 heteroatoms. The normalized spacial score (nSPS) is 25.5. The number of hydrogen-bond acceptors (Lipinski definition) is 1. The van der Waals surface area contributed by atoms with Crippen molar-refractivity contribution in [2.24, 2.45) is 5.41 Å². The number of alkyl halides is 2. The molecule has 2 rings (SSSR count). The minimum Gasteiger partial charge on any atom is -0.321 e. The maximum atomic E-state index is 13.3. The van der Waals surface area contributed by atoms with Gasteiger partial charge in [-0.05, 0) is 25.5 Å². The molecule has 0 aromatic heterocycles. The van der Waals surface area contributed by atoms with Gasteiger partial charge in [-0.25, -0.2) is 8.78 Å². The van der Waals surface area contributed by atoms with Gasteiger partial charge in [0.15, 0.2) is 0 Å². The van der Waals surface area contributed by atoms with Crippen LogP contribution in [0.15, 0.2) is 18.2 Å². The quantitative estimate of drug-likeness (QED) is 0.825. The first-order valence-electron chi connectivity index (χ1n) is 4.91. The van der Waals surface area contributed by atoms with Crippen molar-refractivity contribution in [3.8, 4) is 0 Å². The summed E-state index contributed by atoms with van der Waals surface area (Å²) in [7, 11) is 0. The number of para-hydroxylation sites is 1. The van der Waals surface area contributed by atoms with Crippen LogP contribution in [0.4, 0.5) is 14.5 Å². The van der Waals surface area contributed by atoms with Gasteiger partial charge in [-0.15, -0.1) is 23.2 Å². The third kappa shape index (κ3) is 2.00. The van der Waals surface area contributed by atoms with Crippen LogP contribution in [0.2, 0.25) is 0 Å². The third-order valence-electron chi connectivity index (χ3n) is 2.96. The standard InChI is InChI=1S/C11H9Cl2F2NO/c1-10(5-11(10,12)13)9(17)16-8-6(14)3-2-4-7(8)15/h2-4H,5H2,1H3,(H,16,17). The molecular weight excluding hydrogens is 271 g/mol. The zero-order valence-electron chi connectivity index (χ0n) is 8.86. The van der Waals surface area contributed by atoms with Crippen LogP contribution in [-0.4, -0.2) is 10.2 Å². The number of carbonyl (C=O) groups excluding carboxylic acids is 1. The SMILES string of the molecule is CC1(C(=O)Nc2c(F)cccc2F)CC1(Cl)Cl. The maximum absolute atomic E-state index is 13.3. The Morgan fingerprint density at radius 1 is 1.35 bits per heavy atom. The Bertz CT molecular complexity index is 472. The van der Waals surface area contributed by atoms with Gasteiger partial charge in [-0.3, -0.25) is 4.79 Å². The molecule has 0 saturated heterocycles. The summed E-state index contributed by atoms with van der Waals surface area (Å²) in [6, 6.07) is 3.33. The Morgan fingerprint density at radius 3 is 2.24 bits per heavy atom. The molecular formula is C11H9Cl2F2NO. The number of amides is 1. The lowest BCUT2D eigenvalue weighted by Crippen LogP contribution is -2.26. The predicted octanol–water partition coefficient (Wildman–Crippen LogP) is 3.49. The molecule has 1 N–H and O–H groups in total. The highest BCUT2D eigenvalue weighted by Crippen LogP contribution is 2.64. The lowest BCUT2D eigenvalue weighted by atomic mass is 10.1. The van der Waals surface area contributed by atoms with Crippen LogP contribution in [0.3, 0.4) is 0 Å². The van der Waals surface area contributed by atoms with Gasteiger partial charge < -0.3 is 5.32 Å². The lowest BCUT2D eigenvalue weighted by molar-refractivity contribution is -0.120. The molecule has 1 aliphatic carbocycles. The summed E-state index contributed by atoms with van der Waals surface area (Å²) >= 11 is 11.6. The summed E-state index contributed by atoms with van der Waals surface area (Å²) in [5.41, 5.74) is -1.49. The van der Waals surface area contributed by atoms with E-state index in [1.54, 1.807) is 6.92 Å². The van der Waals surface area contributed by atoms with Gasteiger partial charge in [-0.1, -0.05) is 6.07 Å². The van der Waals surface area contributed by atoms with Crippen molar-refractivity contribution in [3.63, 3.8) is 0 Å². The molecule has 1 saturated carbocycles. The highest BCUT2D eigenvalue weighted by molar-refractivity contribution is 6.53. The van der Waals surface area contributed by atoms with E-state index in [2.05, 4.69) is 5.32 Å². The number of nitrogens with one attached hydrogen (secondary N) is 1. The van der Waals surface area contributed by atoms with Crippen molar-refractivity contribution in [1.82, 2.24) is 0 Å². The molecule has 0 bridgehead atoms.